The van der Waals surface area contributed by atoms with Crippen molar-refractivity contribution in [3.8, 4) is 34.2 Å². The third-order valence-electron chi connectivity index (χ3n) is 5.74. The highest BCUT2D eigenvalue weighted by Crippen LogP contribution is 2.38. The van der Waals surface area contributed by atoms with Gasteiger partial charge in [-0.15, -0.1) is 11.3 Å². The van der Waals surface area contributed by atoms with E-state index in [1.807, 2.05) is 0 Å². The first-order valence-electron chi connectivity index (χ1n) is 12.4. The number of hydrogen-bond acceptors (Lipinski definition) is 8. The Hall–Kier alpha value is -4.96. The number of methoxy groups -OCH3 is 1. The van der Waals surface area contributed by atoms with Crippen LogP contribution >= 0.6 is 22.9 Å². The van der Waals surface area contributed by atoms with Crippen LogP contribution in [0.15, 0.2) is 66.0 Å². The molecule has 42 heavy (non-hydrogen) atoms. The number of ether oxygens (including phenoxy) is 2. The minimum Gasteiger partial charge on any atom is -0.467 e. The summed E-state index contributed by atoms with van der Waals surface area (Å²) in [7, 11) is 1.49. The third-order valence-corrected chi connectivity index (χ3v) is 6.85. The molecule has 0 bridgehead atoms. The van der Waals surface area contributed by atoms with E-state index >= 15 is 0 Å². The summed E-state index contributed by atoms with van der Waals surface area (Å²) in [5.41, 5.74) is 2.33. The van der Waals surface area contributed by atoms with Crippen molar-refractivity contribution in [1.29, 1.82) is 5.26 Å². The van der Waals surface area contributed by atoms with Crippen molar-refractivity contribution in [2.75, 3.05) is 31.1 Å². The molecule has 0 spiro atoms. The number of hydrogen-bond donors (Lipinski definition) is 4. The van der Waals surface area contributed by atoms with Gasteiger partial charge in [0.2, 0.25) is 5.91 Å². The van der Waals surface area contributed by atoms with Crippen molar-refractivity contribution in [2.24, 2.45) is 0 Å². The van der Waals surface area contributed by atoms with Crippen LogP contribution in [0.1, 0.15) is 21.7 Å². The zero-order valence-electron chi connectivity index (χ0n) is 22.1. The van der Waals surface area contributed by atoms with E-state index in [-0.39, 0.29) is 31.1 Å². The Morgan fingerprint density at radius 3 is 2.62 bits per heavy atom. The molecule has 214 valence electrons. The van der Waals surface area contributed by atoms with Crippen LogP contribution in [-0.4, -0.2) is 48.4 Å². The monoisotopic (exact) mass is 605 g/mol. The molecule has 0 unspecified atom stereocenters. The van der Waals surface area contributed by atoms with Crippen LogP contribution in [0.25, 0.3) is 22.4 Å². The molecule has 2 heterocycles. The number of nitriles is 1. The van der Waals surface area contributed by atoms with E-state index in [0.717, 1.165) is 0 Å². The predicted molar refractivity (Wildman–Crippen MR) is 159 cm³/mol. The van der Waals surface area contributed by atoms with Crippen molar-refractivity contribution >= 4 is 52.4 Å². The molecule has 11 nitrogen and oxygen atoms in total. The molecule has 0 aliphatic carbocycles. The van der Waals surface area contributed by atoms with Crippen molar-refractivity contribution < 1.29 is 29.0 Å². The number of rotatable bonds is 11. The zero-order valence-corrected chi connectivity index (χ0v) is 23.7. The molecular weight excluding hydrogens is 582 g/mol. The fourth-order valence-electron chi connectivity index (χ4n) is 3.91. The summed E-state index contributed by atoms with van der Waals surface area (Å²) in [5, 5.41) is 28.7. The van der Waals surface area contributed by atoms with Gasteiger partial charge in [0.05, 0.1) is 10.6 Å². The molecule has 4 aromatic rings. The van der Waals surface area contributed by atoms with E-state index in [2.05, 4.69) is 27.0 Å². The van der Waals surface area contributed by atoms with Gasteiger partial charge in [0.1, 0.15) is 17.4 Å². The molecule has 0 atom stereocenters. The molecule has 4 N–H and O–H groups in total. The standard InChI is InChI=1S/C29H24ClN5O6S/c1-40-16-41-24-8-7-18(30)13-21(24)23-14-20(22(15-31)27(34-23)35-28(37)25-6-3-11-42-25)17-4-2-5-19(12-17)33-26(36)9-10-32-29(38)39/h2-8,11-14,32H,9-10,16H2,1H3,(H,33,36)(H,38,39)(H,34,35,37). The number of nitrogens with one attached hydrogen (secondary N) is 3. The van der Waals surface area contributed by atoms with E-state index in [1.165, 1.54) is 18.4 Å². The number of aromatic nitrogens is 1. The number of carbonyl (C=O) groups is 3. The lowest BCUT2D eigenvalue weighted by molar-refractivity contribution is -0.116. The predicted octanol–water partition coefficient (Wildman–Crippen LogP) is 5.83. The first-order chi connectivity index (χ1) is 20.3. The number of halogens is 1. The summed E-state index contributed by atoms with van der Waals surface area (Å²) in [5.74, 6) is -0.402. The van der Waals surface area contributed by atoms with Gasteiger partial charge in [0.15, 0.2) is 12.6 Å². The fourth-order valence-corrected chi connectivity index (χ4v) is 4.70. The zero-order chi connectivity index (χ0) is 30.1. The lowest BCUT2D eigenvalue weighted by Crippen LogP contribution is -2.25. The van der Waals surface area contributed by atoms with Crippen molar-refractivity contribution in [2.45, 2.75) is 6.42 Å². The molecule has 2 aromatic carbocycles. The molecule has 0 saturated carbocycles. The number of anilines is 2. The van der Waals surface area contributed by atoms with Gasteiger partial charge in [-0.1, -0.05) is 29.8 Å². The van der Waals surface area contributed by atoms with Crippen LogP contribution < -0.4 is 20.7 Å². The van der Waals surface area contributed by atoms with Crippen molar-refractivity contribution in [3.63, 3.8) is 0 Å². The Balaban J connectivity index is 1.80. The van der Waals surface area contributed by atoms with Crippen LogP contribution in [0.3, 0.4) is 0 Å². The van der Waals surface area contributed by atoms with Gasteiger partial charge in [-0.05, 0) is 53.4 Å². The van der Waals surface area contributed by atoms with E-state index in [1.54, 1.807) is 66.0 Å². The van der Waals surface area contributed by atoms with Crippen molar-refractivity contribution in [1.82, 2.24) is 10.3 Å². The van der Waals surface area contributed by atoms with Crippen LogP contribution in [-0.2, 0) is 9.53 Å². The number of nitrogens with zero attached hydrogens (tertiary/aromatic N) is 2. The average Bonchev–Trinajstić information content (AvgIpc) is 3.51. The van der Waals surface area contributed by atoms with E-state index in [4.69, 9.17) is 26.2 Å². The van der Waals surface area contributed by atoms with Crippen LogP contribution in [0, 0.1) is 11.3 Å². The lowest BCUT2D eigenvalue weighted by atomic mass is 9.97. The summed E-state index contributed by atoms with van der Waals surface area (Å²) in [6.45, 7) is -0.0863. The average molecular weight is 606 g/mol. The molecule has 0 saturated heterocycles. The molecule has 3 amide bonds. The van der Waals surface area contributed by atoms with Crippen LogP contribution in [0.2, 0.25) is 5.02 Å². The highest BCUT2D eigenvalue weighted by atomic mass is 35.5. The summed E-state index contributed by atoms with van der Waals surface area (Å²) in [6, 6.07) is 18.9. The molecule has 0 fully saturated rings. The molecule has 0 aliphatic rings. The summed E-state index contributed by atoms with van der Waals surface area (Å²) < 4.78 is 10.8. The molecular formula is C29H24ClN5O6S. The maximum atomic E-state index is 13.0. The second kappa shape index (κ2) is 14.1. The first kappa shape index (κ1) is 30.0. The fraction of sp³-hybridized carbons (Fsp3) is 0.138. The second-order valence-electron chi connectivity index (χ2n) is 8.62. The highest BCUT2D eigenvalue weighted by molar-refractivity contribution is 7.12. The molecule has 0 radical (unpaired) electrons. The van der Waals surface area contributed by atoms with Gasteiger partial charge in [-0.25, -0.2) is 9.78 Å². The van der Waals surface area contributed by atoms with Gasteiger partial charge < -0.3 is 30.5 Å². The highest BCUT2D eigenvalue weighted by Gasteiger charge is 2.20. The van der Waals surface area contributed by atoms with Crippen molar-refractivity contribution in [3.05, 3.63) is 81.5 Å². The summed E-state index contributed by atoms with van der Waals surface area (Å²) in [4.78, 5) is 41.1. The number of carboxylic acid groups (broad SMARTS) is 1. The minimum atomic E-state index is -1.22. The minimum absolute atomic E-state index is 0.0234. The Morgan fingerprint density at radius 1 is 1.07 bits per heavy atom. The molecule has 13 heteroatoms. The Labute approximate surface area is 249 Å². The van der Waals surface area contributed by atoms with Gasteiger partial charge in [0, 0.05) is 41.9 Å². The van der Waals surface area contributed by atoms with Gasteiger partial charge in [-0.2, -0.15) is 5.26 Å². The summed E-state index contributed by atoms with van der Waals surface area (Å²) in [6.07, 6.45) is -1.29. The van der Waals surface area contributed by atoms with E-state index in [0.29, 0.717) is 43.7 Å². The van der Waals surface area contributed by atoms with E-state index < -0.39 is 17.9 Å². The normalized spacial score (nSPS) is 10.4. The number of benzene rings is 2. The Kier molecular flexibility index (Phi) is 10.1. The third kappa shape index (κ3) is 7.61. The largest absolute Gasteiger partial charge is 0.467 e. The van der Waals surface area contributed by atoms with Gasteiger partial charge in [0.25, 0.3) is 5.91 Å². The SMILES string of the molecule is COCOc1ccc(Cl)cc1-c1cc(-c2cccc(NC(=O)CCNC(=O)O)c2)c(C#N)c(NC(=O)c2cccs2)n1. The quantitative estimate of drug-likeness (QED) is 0.155. The molecule has 2 aromatic heterocycles. The maximum absolute atomic E-state index is 13.0. The van der Waals surface area contributed by atoms with E-state index in [9.17, 15) is 19.6 Å². The smallest absolute Gasteiger partial charge is 0.404 e. The lowest BCUT2D eigenvalue weighted by Gasteiger charge is -2.16. The number of amides is 3. The number of pyridine rings is 1. The Morgan fingerprint density at radius 2 is 1.90 bits per heavy atom. The van der Waals surface area contributed by atoms with Gasteiger partial charge in [-0.3, -0.25) is 9.59 Å². The van der Waals surface area contributed by atoms with Crippen LogP contribution in [0.4, 0.5) is 16.3 Å². The summed E-state index contributed by atoms with van der Waals surface area (Å²) >= 11 is 7.56. The Bertz CT molecular complexity index is 1650. The second-order valence-corrected chi connectivity index (χ2v) is 10.0. The maximum Gasteiger partial charge on any atom is 0.404 e. The van der Waals surface area contributed by atoms with Gasteiger partial charge >= 0.3 is 6.09 Å². The number of carbonyl (C=O) groups excluding carboxylic acids is 2. The topological polar surface area (TPSA) is 163 Å². The first-order valence-corrected chi connectivity index (χ1v) is 13.6. The van der Waals surface area contributed by atoms with Crippen LogP contribution in [0.5, 0.6) is 5.75 Å². The number of thiophene rings is 1. The molecule has 0 aliphatic heterocycles. The molecule has 4 rings (SSSR count).